The Morgan fingerprint density at radius 2 is 1.90 bits per heavy atom. The predicted molar refractivity (Wildman–Crippen MR) is 45.8 cm³/mol. The van der Waals surface area contributed by atoms with Crippen molar-refractivity contribution < 1.29 is 0 Å². The summed E-state index contributed by atoms with van der Waals surface area (Å²) in [5.41, 5.74) is 5.70. The Balaban J connectivity index is 0.000000371. The van der Waals surface area contributed by atoms with Crippen LogP contribution in [0, 0.1) is 0 Å². The monoisotopic (exact) mass is 144 g/mol. The standard InChI is InChI=1S/C6H14N2.C2H6/c1-8-5-3-2-4-6(8)7;1-2/h6H,2-5,7H2,1H3;1-2H3. The maximum Gasteiger partial charge on any atom is 0.0569 e. The van der Waals surface area contributed by atoms with E-state index in [4.69, 9.17) is 5.73 Å². The summed E-state index contributed by atoms with van der Waals surface area (Å²) in [6, 6.07) is 0. The molecule has 1 rings (SSSR count). The van der Waals surface area contributed by atoms with E-state index in [1.165, 1.54) is 25.8 Å². The van der Waals surface area contributed by atoms with Gasteiger partial charge in [-0.25, -0.2) is 0 Å². The number of rotatable bonds is 0. The van der Waals surface area contributed by atoms with Crippen LogP contribution in [-0.2, 0) is 0 Å². The van der Waals surface area contributed by atoms with E-state index >= 15 is 0 Å². The molecule has 1 aliphatic heterocycles. The van der Waals surface area contributed by atoms with E-state index in [1.54, 1.807) is 0 Å². The molecule has 0 radical (unpaired) electrons. The maximum atomic E-state index is 5.70. The van der Waals surface area contributed by atoms with Gasteiger partial charge in [0.05, 0.1) is 6.17 Å². The van der Waals surface area contributed by atoms with E-state index < -0.39 is 0 Å². The zero-order chi connectivity index (χ0) is 7.98. The van der Waals surface area contributed by atoms with E-state index in [9.17, 15) is 0 Å². The van der Waals surface area contributed by atoms with Gasteiger partial charge in [-0.3, -0.25) is 4.90 Å². The smallest absolute Gasteiger partial charge is 0.0569 e. The van der Waals surface area contributed by atoms with Crippen LogP contribution in [0.5, 0.6) is 0 Å². The molecule has 0 saturated carbocycles. The first-order valence-electron chi connectivity index (χ1n) is 4.26. The lowest BCUT2D eigenvalue weighted by molar-refractivity contribution is 0.190. The molecule has 1 unspecified atom stereocenters. The third-order valence-corrected chi connectivity index (χ3v) is 1.83. The number of nitrogens with two attached hydrogens (primary N) is 1. The van der Waals surface area contributed by atoms with Crippen molar-refractivity contribution in [3.05, 3.63) is 0 Å². The molecule has 0 aliphatic carbocycles. The van der Waals surface area contributed by atoms with Gasteiger partial charge in [-0.15, -0.1) is 0 Å². The van der Waals surface area contributed by atoms with Crippen LogP contribution in [0.2, 0.25) is 0 Å². The van der Waals surface area contributed by atoms with Crippen LogP contribution in [0.15, 0.2) is 0 Å². The number of hydrogen-bond donors (Lipinski definition) is 1. The van der Waals surface area contributed by atoms with Crippen LogP contribution in [-0.4, -0.2) is 24.7 Å². The van der Waals surface area contributed by atoms with Crippen molar-refractivity contribution in [3.63, 3.8) is 0 Å². The Hall–Kier alpha value is -0.0800. The van der Waals surface area contributed by atoms with Crippen LogP contribution in [0.1, 0.15) is 33.1 Å². The highest BCUT2D eigenvalue weighted by Crippen LogP contribution is 2.09. The molecule has 2 heteroatoms. The van der Waals surface area contributed by atoms with Gasteiger partial charge < -0.3 is 5.73 Å². The molecule has 0 aromatic rings. The highest BCUT2D eigenvalue weighted by Gasteiger charge is 2.12. The molecule has 0 spiro atoms. The van der Waals surface area contributed by atoms with E-state index in [0.29, 0.717) is 6.17 Å². The van der Waals surface area contributed by atoms with E-state index in [-0.39, 0.29) is 0 Å². The lowest BCUT2D eigenvalue weighted by atomic mass is 10.1. The summed E-state index contributed by atoms with van der Waals surface area (Å²) in [7, 11) is 2.09. The Labute approximate surface area is 64.4 Å². The van der Waals surface area contributed by atoms with Crippen LogP contribution in [0.3, 0.4) is 0 Å². The van der Waals surface area contributed by atoms with Crippen molar-refractivity contribution in [2.24, 2.45) is 5.73 Å². The van der Waals surface area contributed by atoms with Gasteiger partial charge in [0.25, 0.3) is 0 Å². The molecule has 1 saturated heterocycles. The molecule has 2 nitrogen and oxygen atoms in total. The Kier molecular flexibility index (Phi) is 5.64. The van der Waals surface area contributed by atoms with Gasteiger partial charge >= 0.3 is 0 Å². The van der Waals surface area contributed by atoms with Crippen LogP contribution in [0.25, 0.3) is 0 Å². The molecule has 0 amide bonds. The summed E-state index contributed by atoms with van der Waals surface area (Å²) in [6.07, 6.45) is 4.15. The fourth-order valence-electron chi connectivity index (χ4n) is 1.10. The lowest BCUT2D eigenvalue weighted by Crippen LogP contribution is -2.42. The largest absolute Gasteiger partial charge is 0.316 e. The first kappa shape index (κ1) is 9.92. The summed E-state index contributed by atoms with van der Waals surface area (Å²) in [5.74, 6) is 0. The van der Waals surface area contributed by atoms with Crippen molar-refractivity contribution >= 4 is 0 Å². The number of nitrogens with zero attached hydrogens (tertiary/aromatic N) is 1. The molecule has 0 bridgehead atoms. The second kappa shape index (κ2) is 5.69. The molecule has 1 fully saturated rings. The SMILES string of the molecule is CC.CN1CCCCC1N. The van der Waals surface area contributed by atoms with Gasteiger partial charge in [0, 0.05) is 0 Å². The molecular formula is C8H20N2. The molecule has 62 valence electrons. The zero-order valence-corrected chi connectivity index (χ0v) is 7.43. The maximum absolute atomic E-state index is 5.70. The van der Waals surface area contributed by atoms with E-state index in [1.807, 2.05) is 13.8 Å². The number of hydrogen-bond acceptors (Lipinski definition) is 2. The van der Waals surface area contributed by atoms with Crippen molar-refractivity contribution in [1.29, 1.82) is 0 Å². The van der Waals surface area contributed by atoms with Crippen molar-refractivity contribution in [3.8, 4) is 0 Å². The molecule has 1 aliphatic rings. The van der Waals surface area contributed by atoms with Gasteiger partial charge in [0.1, 0.15) is 0 Å². The molecule has 10 heavy (non-hydrogen) atoms. The second-order valence-electron chi connectivity index (χ2n) is 2.54. The summed E-state index contributed by atoms with van der Waals surface area (Å²) in [6.45, 7) is 5.18. The van der Waals surface area contributed by atoms with Crippen molar-refractivity contribution in [1.82, 2.24) is 4.90 Å². The molecule has 0 aromatic heterocycles. The lowest BCUT2D eigenvalue weighted by Gasteiger charge is -2.28. The highest BCUT2D eigenvalue weighted by atomic mass is 15.2. The minimum absolute atomic E-state index is 0.337. The Morgan fingerprint density at radius 1 is 1.30 bits per heavy atom. The van der Waals surface area contributed by atoms with Gasteiger partial charge in [-0.2, -0.15) is 0 Å². The van der Waals surface area contributed by atoms with Crippen molar-refractivity contribution in [2.45, 2.75) is 39.3 Å². The highest BCUT2D eigenvalue weighted by molar-refractivity contribution is 4.67. The molecule has 1 heterocycles. The summed E-state index contributed by atoms with van der Waals surface area (Å²) >= 11 is 0. The topological polar surface area (TPSA) is 29.3 Å². The zero-order valence-electron chi connectivity index (χ0n) is 7.43. The normalized spacial score (nSPS) is 27.0. The average Bonchev–Trinajstić information content (AvgIpc) is 2.00. The predicted octanol–water partition coefficient (Wildman–Crippen LogP) is 1.41. The Bertz CT molecular complexity index is 63.7. The first-order chi connectivity index (χ1) is 4.80. The fourth-order valence-corrected chi connectivity index (χ4v) is 1.10. The molecule has 1 atom stereocenters. The second-order valence-corrected chi connectivity index (χ2v) is 2.54. The van der Waals surface area contributed by atoms with Crippen molar-refractivity contribution in [2.75, 3.05) is 13.6 Å². The van der Waals surface area contributed by atoms with Gasteiger partial charge in [0.2, 0.25) is 0 Å². The average molecular weight is 144 g/mol. The third-order valence-electron chi connectivity index (χ3n) is 1.83. The summed E-state index contributed by atoms with van der Waals surface area (Å²) < 4.78 is 0. The van der Waals surface area contributed by atoms with Gasteiger partial charge in [-0.05, 0) is 32.9 Å². The molecule has 0 aromatic carbocycles. The first-order valence-corrected chi connectivity index (χ1v) is 4.26. The number of likely N-dealkylation sites (tertiary alicyclic amines) is 1. The van der Waals surface area contributed by atoms with Gasteiger partial charge in [0.15, 0.2) is 0 Å². The minimum atomic E-state index is 0.337. The summed E-state index contributed by atoms with van der Waals surface area (Å²) in [4.78, 5) is 2.21. The Morgan fingerprint density at radius 3 is 2.20 bits per heavy atom. The van der Waals surface area contributed by atoms with Crippen LogP contribution < -0.4 is 5.73 Å². The third kappa shape index (κ3) is 3.18. The number of piperidine rings is 1. The summed E-state index contributed by atoms with van der Waals surface area (Å²) in [5, 5.41) is 0. The molecular weight excluding hydrogens is 124 g/mol. The van der Waals surface area contributed by atoms with Gasteiger partial charge in [-0.1, -0.05) is 13.8 Å². The van der Waals surface area contributed by atoms with E-state index in [2.05, 4.69) is 11.9 Å². The fraction of sp³-hybridized carbons (Fsp3) is 1.00. The van der Waals surface area contributed by atoms with Crippen LogP contribution >= 0.6 is 0 Å². The van der Waals surface area contributed by atoms with Crippen LogP contribution in [0.4, 0.5) is 0 Å². The van der Waals surface area contributed by atoms with E-state index in [0.717, 1.165) is 0 Å². The minimum Gasteiger partial charge on any atom is -0.316 e. The quantitative estimate of drug-likeness (QED) is 0.557. The molecule has 2 N–H and O–H groups in total.